The summed E-state index contributed by atoms with van der Waals surface area (Å²) in [7, 11) is 0. The van der Waals surface area contributed by atoms with Crippen molar-refractivity contribution in [3.8, 4) is 6.07 Å². The van der Waals surface area contributed by atoms with E-state index in [1.54, 1.807) is 21.9 Å². The zero-order valence-electron chi connectivity index (χ0n) is 13.0. The average Bonchev–Trinajstić information content (AvgIpc) is 3.11. The first-order valence-corrected chi connectivity index (χ1v) is 7.92. The van der Waals surface area contributed by atoms with Gasteiger partial charge in [-0.25, -0.2) is 0 Å². The molecule has 0 unspecified atom stereocenters. The van der Waals surface area contributed by atoms with Gasteiger partial charge in [0.05, 0.1) is 11.6 Å². The zero-order chi connectivity index (χ0) is 16.2. The van der Waals surface area contributed by atoms with Gasteiger partial charge in [-0.05, 0) is 37.0 Å². The highest BCUT2D eigenvalue weighted by atomic mass is 16.2. The minimum atomic E-state index is -0.0208. The molecule has 3 rings (SSSR count). The first-order valence-electron chi connectivity index (χ1n) is 7.92. The normalized spacial score (nSPS) is 17.9. The van der Waals surface area contributed by atoms with Crippen molar-refractivity contribution < 1.29 is 9.59 Å². The Morgan fingerprint density at radius 3 is 2.61 bits per heavy atom. The number of hydrogen-bond donors (Lipinski definition) is 0. The summed E-state index contributed by atoms with van der Waals surface area (Å²) in [5.41, 5.74) is 2.47. The summed E-state index contributed by atoms with van der Waals surface area (Å²) < 4.78 is 0. The molecule has 0 saturated carbocycles. The van der Waals surface area contributed by atoms with Crippen LogP contribution in [0, 0.1) is 11.3 Å². The lowest BCUT2D eigenvalue weighted by atomic mass is 10.1. The number of amides is 2. The second-order valence-corrected chi connectivity index (χ2v) is 5.97. The van der Waals surface area contributed by atoms with E-state index in [2.05, 4.69) is 6.07 Å². The van der Waals surface area contributed by atoms with Crippen molar-refractivity contribution in [2.75, 3.05) is 19.6 Å². The number of carbonyl (C=O) groups excluding carboxylic acids is 2. The van der Waals surface area contributed by atoms with Gasteiger partial charge >= 0.3 is 0 Å². The second-order valence-electron chi connectivity index (χ2n) is 5.97. The summed E-state index contributed by atoms with van der Waals surface area (Å²) in [5.74, 6) is 0.00132. The Labute approximate surface area is 135 Å². The van der Waals surface area contributed by atoms with Crippen LogP contribution in [-0.2, 0) is 16.1 Å². The predicted octanol–water partition coefficient (Wildman–Crippen LogP) is 1.84. The number of nitriles is 1. The lowest BCUT2D eigenvalue weighted by Crippen LogP contribution is -2.52. The fraction of sp³-hybridized carbons (Fsp3) is 0.389. The van der Waals surface area contributed by atoms with Gasteiger partial charge < -0.3 is 9.80 Å². The maximum atomic E-state index is 12.3. The molecule has 1 heterocycles. The molecule has 1 saturated heterocycles. The van der Waals surface area contributed by atoms with Crippen LogP contribution in [-0.4, -0.2) is 41.2 Å². The van der Waals surface area contributed by atoms with Crippen molar-refractivity contribution in [1.82, 2.24) is 9.80 Å². The van der Waals surface area contributed by atoms with Crippen molar-refractivity contribution >= 4 is 11.8 Å². The molecule has 118 valence electrons. The first kappa shape index (κ1) is 15.3. The number of allylic oxidation sites excluding steroid dienone is 1. The smallest absolute Gasteiger partial charge is 0.249 e. The van der Waals surface area contributed by atoms with Gasteiger partial charge in [-0.2, -0.15) is 5.26 Å². The fourth-order valence-corrected chi connectivity index (χ4v) is 3.02. The largest absolute Gasteiger partial charge is 0.335 e. The van der Waals surface area contributed by atoms with Crippen molar-refractivity contribution in [2.45, 2.75) is 25.8 Å². The van der Waals surface area contributed by atoms with E-state index in [4.69, 9.17) is 5.26 Å². The zero-order valence-corrected chi connectivity index (χ0v) is 13.0. The summed E-state index contributed by atoms with van der Waals surface area (Å²) in [4.78, 5) is 28.1. The van der Waals surface area contributed by atoms with Crippen molar-refractivity contribution in [3.05, 3.63) is 47.0 Å². The second kappa shape index (κ2) is 6.66. The van der Waals surface area contributed by atoms with Crippen LogP contribution in [0.5, 0.6) is 0 Å². The van der Waals surface area contributed by atoms with E-state index in [9.17, 15) is 9.59 Å². The van der Waals surface area contributed by atoms with Crippen molar-refractivity contribution in [2.24, 2.45) is 0 Å². The predicted molar refractivity (Wildman–Crippen MR) is 85.1 cm³/mol. The van der Waals surface area contributed by atoms with Crippen LogP contribution < -0.4 is 0 Å². The maximum absolute atomic E-state index is 12.3. The van der Waals surface area contributed by atoms with Gasteiger partial charge in [0.2, 0.25) is 11.8 Å². The standard InChI is InChI=1S/C18H19N3O2/c19-11-14-5-7-15(8-6-14)12-20-9-10-21(13-17(20)22)18(23)16-3-1-2-4-16/h3,5-8H,1-2,4,9-10,12-13H2. The molecule has 0 bridgehead atoms. The highest BCUT2D eigenvalue weighted by Crippen LogP contribution is 2.21. The summed E-state index contributed by atoms with van der Waals surface area (Å²) >= 11 is 0. The molecule has 2 amide bonds. The Bertz CT molecular complexity index is 685. The topological polar surface area (TPSA) is 64.4 Å². The number of benzene rings is 1. The van der Waals surface area contributed by atoms with E-state index in [1.165, 1.54) is 0 Å². The third-order valence-electron chi connectivity index (χ3n) is 4.38. The van der Waals surface area contributed by atoms with Crippen LogP contribution in [0.15, 0.2) is 35.9 Å². The van der Waals surface area contributed by atoms with Crippen LogP contribution in [0.3, 0.4) is 0 Å². The summed E-state index contributed by atoms with van der Waals surface area (Å²) in [6, 6.07) is 9.33. The van der Waals surface area contributed by atoms with Gasteiger partial charge in [0, 0.05) is 25.2 Å². The average molecular weight is 309 g/mol. The third kappa shape index (κ3) is 3.42. The SMILES string of the molecule is N#Cc1ccc(CN2CCN(C(=O)C3=CCCC3)CC2=O)cc1. The molecule has 1 fully saturated rings. The molecule has 2 aliphatic rings. The monoisotopic (exact) mass is 309 g/mol. The van der Waals surface area contributed by atoms with E-state index in [0.29, 0.717) is 25.2 Å². The molecule has 0 radical (unpaired) electrons. The highest BCUT2D eigenvalue weighted by Gasteiger charge is 2.29. The van der Waals surface area contributed by atoms with Gasteiger partial charge in [0.15, 0.2) is 0 Å². The molecule has 1 aromatic carbocycles. The lowest BCUT2D eigenvalue weighted by molar-refractivity contribution is -0.143. The molecule has 0 atom stereocenters. The van der Waals surface area contributed by atoms with Crippen molar-refractivity contribution in [1.29, 1.82) is 5.26 Å². The Morgan fingerprint density at radius 1 is 1.22 bits per heavy atom. The van der Waals surface area contributed by atoms with Gasteiger partial charge in [0.1, 0.15) is 6.54 Å². The summed E-state index contributed by atoms with van der Waals surface area (Å²) in [6.45, 7) is 1.82. The minimum Gasteiger partial charge on any atom is -0.335 e. The molecule has 0 spiro atoms. The minimum absolute atomic E-state index is 0.0208. The molecule has 0 aromatic heterocycles. The van der Waals surface area contributed by atoms with Gasteiger partial charge in [-0.15, -0.1) is 0 Å². The molecule has 1 aromatic rings. The van der Waals surface area contributed by atoms with Gasteiger partial charge in [-0.1, -0.05) is 18.2 Å². The third-order valence-corrected chi connectivity index (χ3v) is 4.38. The number of carbonyl (C=O) groups is 2. The van der Waals surface area contributed by atoms with Crippen molar-refractivity contribution in [3.63, 3.8) is 0 Å². The summed E-state index contributed by atoms with van der Waals surface area (Å²) in [5, 5.41) is 8.81. The maximum Gasteiger partial charge on any atom is 0.249 e. The van der Waals surface area contributed by atoms with E-state index in [0.717, 1.165) is 30.4 Å². The van der Waals surface area contributed by atoms with E-state index >= 15 is 0 Å². The molecular weight excluding hydrogens is 290 g/mol. The molecule has 5 heteroatoms. The quantitative estimate of drug-likeness (QED) is 0.856. The lowest BCUT2D eigenvalue weighted by Gasteiger charge is -2.34. The number of piperazine rings is 1. The summed E-state index contributed by atoms with van der Waals surface area (Å²) in [6.07, 6.45) is 4.83. The van der Waals surface area contributed by atoms with E-state index < -0.39 is 0 Å². The Morgan fingerprint density at radius 2 is 2.00 bits per heavy atom. The van der Waals surface area contributed by atoms with Crippen LogP contribution in [0.1, 0.15) is 30.4 Å². The first-order chi connectivity index (χ1) is 11.2. The Kier molecular flexibility index (Phi) is 4.42. The number of rotatable bonds is 3. The fourth-order valence-electron chi connectivity index (χ4n) is 3.02. The molecule has 23 heavy (non-hydrogen) atoms. The number of hydrogen-bond acceptors (Lipinski definition) is 3. The Hall–Kier alpha value is -2.61. The van der Waals surface area contributed by atoms with Crippen LogP contribution in [0.25, 0.3) is 0 Å². The highest BCUT2D eigenvalue weighted by molar-refractivity contribution is 5.96. The van der Waals surface area contributed by atoms with Gasteiger partial charge in [0.25, 0.3) is 0 Å². The van der Waals surface area contributed by atoms with E-state index in [1.807, 2.05) is 18.2 Å². The molecule has 1 aliphatic heterocycles. The van der Waals surface area contributed by atoms with Crippen LogP contribution in [0.4, 0.5) is 0 Å². The molecule has 0 N–H and O–H groups in total. The van der Waals surface area contributed by atoms with Gasteiger partial charge in [-0.3, -0.25) is 9.59 Å². The van der Waals surface area contributed by atoms with Crippen LogP contribution >= 0.6 is 0 Å². The molecule has 5 nitrogen and oxygen atoms in total. The Balaban J connectivity index is 1.59. The number of nitrogens with zero attached hydrogens (tertiary/aromatic N) is 3. The van der Waals surface area contributed by atoms with Crippen LogP contribution in [0.2, 0.25) is 0 Å². The van der Waals surface area contributed by atoms with E-state index in [-0.39, 0.29) is 18.4 Å². The molecule has 1 aliphatic carbocycles. The molecular formula is C18H19N3O2.